The van der Waals surface area contributed by atoms with E-state index in [0.29, 0.717) is 5.62 Å². The van der Waals surface area contributed by atoms with Crippen LogP contribution in [0.3, 0.4) is 0 Å². The van der Waals surface area contributed by atoms with Gasteiger partial charge in [-0.15, -0.1) is 5.75 Å². The molecule has 0 heterocycles. The van der Waals surface area contributed by atoms with Gasteiger partial charge in [-0.25, -0.2) is 0 Å². The SMILES string of the molecule is ClC[P+](c1ccccc1)(c1ccccc1)c1ccccc1.[O-]c1ccccc1. The Bertz CT molecular complexity index is 848. The van der Waals surface area contributed by atoms with Crippen molar-refractivity contribution in [3.8, 4) is 5.75 Å². The molecule has 0 atom stereocenters. The van der Waals surface area contributed by atoms with E-state index in [1.165, 1.54) is 28.0 Å². The van der Waals surface area contributed by atoms with E-state index in [-0.39, 0.29) is 5.75 Å². The molecule has 0 saturated carbocycles. The lowest BCUT2D eigenvalue weighted by Crippen LogP contribution is -2.32. The van der Waals surface area contributed by atoms with E-state index in [1.807, 2.05) is 6.07 Å². The normalized spacial score (nSPS) is 10.6. The summed E-state index contributed by atoms with van der Waals surface area (Å²) >= 11 is 6.58. The van der Waals surface area contributed by atoms with Gasteiger partial charge in [0.15, 0.2) is 0 Å². The first kappa shape index (κ1) is 20.1. The summed E-state index contributed by atoms with van der Waals surface area (Å²) in [6.45, 7) is 0. The highest BCUT2D eigenvalue weighted by Gasteiger charge is 2.44. The van der Waals surface area contributed by atoms with E-state index in [1.54, 1.807) is 12.1 Å². The number of benzene rings is 4. The van der Waals surface area contributed by atoms with Crippen LogP contribution in [0.1, 0.15) is 0 Å². The van der Waals surface area contributed by atoms with Crippen LogP contribution in [-0.2, 0) is 0 Å². The lowest BCUT2D eigenvalue weighted by Gasteiger charge is -2.25. The van der Waals surface area contributed by atoms with Gasteiger partial charge in [-0.2, -0.15) is 0 Å². The first-order valence-corrected chi connectivity index (χ1v) is 11.6. The Labute approximate surface area is 172 Å². The van der Waals surface area contributed by atoms with Crippen LogP contribution >= 0.6 is 18.9 Å². The van der Waals surface area contributed by atoms with E-state index in [9.17, 15) is 5.11 Å². The third-order valence-corrected chi connectivity index (χ3v) is 9.49. The number of alkyl halides is 1. The lowest BCUT2D eigenvalue weighted by molar-refractivity contribution is -0.268. The van der Waals surface area contributed by atoms with Gasteiger partial charge in [0.2, 0.25) is 0 Å². The number of hydrogen-bond acceptors (Lipinski definition) is 1. The maximum atomic E-state index is 10.3. The third kappa shape index (κ3) is 4.62. The molecule has 0 aliphatic carbocycles. The Morgan fingerprint density at radius 1 is 0.500 bits per heavy atom. The first-order valence-electron chi connectivity index (χ1n) is 9.10. The fourth-order valence-electron chi connectivity index (χ4n) is 3.12. The molecule has 0 fully saturated rings. The molecule has 0 aromatic heterocycles. The van der Waals surface area contributed by atoms with Crippen molar-refractivity contribution in [2.24, 2.45) is 0 Å². The molecule has 4 aromatic rings. The molecule has 0 spiro atoms. The molecular weight excluding hydrogens is 383 g/mol. The summed E-state index contributed by atoms with van der Waals surface area (Å²) in [7, 11) is -1.77. The molecule has 0 radical (unpaired) electrons. The molecule has 4 rings (SSSR count). The Morgan fingerprint density at radius 2 is 0.786 bits per heavy atom. The molecule has 1 nitrogen and oxygen atoms in total. The molecule has 140 valence electrons. The van der Waals surface area contributed by atoms with Gasteiger partial charge in [-0.05, 0) is 36.4 Å². The monoisotopic (exact) mass is 404 g/mol. The van der Waals surface area contributed by atoms with E-state index >= 15 is 0 Å². The minimum Gasteiger partial charge on any atom is -0.872 e. The summed E-state index contributed by atoms with van der Waals surface area (Å²) in [5, 5.41) is 14.3. The molecular formula is C25H22ClOP. The molecule has 0 unspecified atom stereocenters. The second-order valence-electron chi connectivity index (χ2n) is 6.25. The second-order valence-corrected chi connectivity index (χ2v) is 10.4. The third-order valence-electron chi connectivity index (χ3n) is 4.51. The average Bonchev–Trinajstić information content (AvgIpc) is 2.78. The molecule has 0 bridgehead atoms. The molecule has 0 N–H and O–H groups in total. The van der Waals surface area contributed by atoms with Crippen LogP contribution < -0.4 is 21.0 Å². The topological polar surface area (TPSA) is 23.1 Å². The van der Waals surface area contributed by atoms with Crippen LogP contribution in [-0.4, -0.2) is 5.62 Å². The number of rotatable bonds is 4. The Kier molecular flexibility index (Phi) is 7.25. The molecule has 0 aliphatic heterocycles. The van der Waals surface area contributed by atoms with Gasteiger partial charge in [0.05, 0.1) is 0 Å². The smallest absolute Gasteiger partial charge is 0.146 e. The maximum absolute atomic E-state index is 10.3. The minimum absolute atomic E-state index is 0.0718. The van der Waals surface area contributed by atoms with Gasteiger partial charge < -0.3 is 5.11 Å². The van der Waals surface area contributed by atoms with Gasteiger partial charge in [0.1, 0.15) is 28.8 Å². The highest BCUT2D eigenvalue weighted by molar-refractivity contribution is 7.96. The predicted molar refractivity (Wildman–Crippen MR) is 122 cm³/mol. The highest BCUT2D eigenvalue weighted by atomic mass is 35.5. The van der Waals surface area contributed by atoms with Crippen LogP contribution in [0.2, 0.25) is 0 Å². The van der Waals surface area contributed by atoms with Crippen molar-refractivity contribution < 1.29 is 5.11 Å². The molecule has 0 amide bonds. The van der Waals surface area contributed by atoms with Crippen molar-refractivity contribution >= 4 is 34.8 Å². The zero-order valence-corrected chi connectivity index (χ0v) is 17.1. The molecule has 0 aliphatic rings. The van der Waals surface area contributed by atoms with Crippen molar-refractivity contribution in [3.63, 3.8) is 0 Å². The van der Waals surface area contributed by atoms with Crippen LogP contribution in [0.4, 0.5) is 0 Å². The van der Waals surface area contributed by atoms with Gasteiger partial charge >= 0.3 is 0 Å². The van der Waals surface area contributed by atoms with Gasteiger partial charge in [0.25, 0.3) is 0 Å². The summed E-state index contributed by atoms with van der Waals surface area (Å²) < 4.78 is 0. The number of hydrogen-bond donors (Lipinski definition) is 0. The summed E-state index contributed by atoms with van der Waals surface area (Å²) in [4.78, 5) is 0. The Balaban J connectivity index is 0.000000271. The van der Waals surface area contributed by atoms with Crippen molar-refractivity contribution in [2.75, 3.05) is 5.62 Å². The summed E-state index contributed by atoms with van der Waals surface area (Å²) in [5.41, 5.74) is 0.616. The summed E-state index contributed by atoms with van der Waals surface area (Å²) in [6, 6.07) is 40.3. The average molecular weight is 405 g/mol. The van der Waals surface area contributed by atoms with E-state index in [4.69, 9.17) is 11.6 Å². The van der Waals surface area contributed by atoms with Crippen molar-refractivity contribution in [1.82, 2.24) is 0 Å². The fraction of sp³-hybridized carbons (Fsp3) is 0.0400. The molecule has 3 heteroatoms. The predicted octanol–water partition coefficient (Wildman–Crippen LogP) is 4.94. The first-order chi connectivity index (χ1) is 13.8. The lowest BCUT2D eigenvalue weighted by atomic mass is 10.3. The van der Waals surface area contributed by atoms with Gasteiger partial charge in [-0.3, -0.25) is 0 Å². The quantitative estimate of drug-likeness (QED) is 0.349. The summed E-state index contributed by atoms with van der Waals surface area (Å²) in [6.07, 6.45) is 0. The highest BCUT2D eigenvalue weighted by Crippen LogP contribution is 2.55. The van der Waals surface area contributed by atoms with Crippen molar-refractivity contribution in [3.05, 3.63) is 121 Å². The van der Waals surface area contributed by atoms with Crippen molar-refractivity contribution in [1.29, 1.82) is 0 Å². The molecule has 0 saturated heterocycles. The standard InChI is InChI=1S/C19H17ClP.C6H6O/c20-16-21(17-10-4-1-5-11-17,18-12-6-2-7-13-18)19-14-8-3-9-15-19;7-6-4-2-1-3-5-6/h1-15H,16H2;1-5,7H/q+1;/p-1. The van der Waals surface area contributed by atoms with Gasteiger partial charge in [0, 0.05) is 0 Å². The minimum atomic E-state index is -1.77. The van der Waals surface area contributed by atoms with E-state index in [0.717, 1.165) is 0 Å². The van der Waals surface area contributed by atoms with Crippen LogP contribution in [0, 0.1) is 0 Å². The van der Waals surface area contributed by atoms with E-state index < -0.39 is 7.26 Å². The molecule has 28 heavy (non-hydrogen) atoms. The number of para-hydroxylation sites is 1. The van der Waals surface area contributed by atoms with Crippen LogP contribution in [0.25, 0.3) is 0 Å². The van der Waals surface area contributed by atoms with Crippen LogP contribution in [0.5, 0.6) is 5.75 Å². The van der Waals surface area contributed by atoms with Gasteiger partial charge in [-0.1, -0.05) is 96.5 Å². The maximum Gasteiger partial charge on any atom is 0.146 e. The molecule has 4 aromatic carbocycles. The largest absolute Gasteiger partial charge is 0.872 e. The zero-order chi connectivity index (χ0) is 19.7. The zero-order valence-electron chi connectivity index (χ0n) is 15.5. The van der Waals surface area contributed by atoms with Crippen molar-refractivity contribution in [2.45, 2.75) is 0 Å². The second kappa shape index (κ2) is 10.1. The fourth-order valence-corrected chi connectivity index (χ4v) is 7.72. The van der Waals surface area contributed by atoms with E-state index in [2.05, 4.69) is 91.0 Å². The Morgan fingerprint density at radius 3 is 1.00 bits per heavy atom. The summed E-state index contributed by atoms with van der Waals surface area (Å²) in [5.74, 6) is 0.0718. The Hall–Kier alpha value is -2.60. The van der Waals surface area contributed by atoms with Crippen LogP contribution in [0.15, 0.2) is 121 Å². The number of halogens is 1.